The van der Waals surface area contributed by atoms with Crippen molar-refractivity contribution >= 4 is 23.6 Å². The first-order chi connectivity index (χ1) is 16.4. The van der Waals surface area contributed by atoms with Crippen LogP contribution in [0.1, 0.15) is 92.3 Å². The van der Waals surface area contributed by atoms with Gasteiger partial charge in [-0.3, -0.25) is 14.4 Å². The Morgan fingerprint density at radius 3 is 1.66 bits per heavy atom. The Kier molecular flexibility index (Phi) is 9.34. The summed E-state index contributed by atoms with van der Waals surface area (Å²) in [6, 6.07) is 14.0. The van der Waals surface area contributed by atoms with Gasteiger partial charge in [0.1, 0.15) is 0 Å². The number of carbonyl (C=O) groups is 4. The van der Waals surface area contributed by atoms with E-state index >= 15 is 0 Å². The maximum Gasteiger partial charge on any atom is 0.335 e. The van der Waals surface area contributed by atoms with Crippen molar-refractivity contribution in [2.75, 3.05) is 0 Å². The first-order valence-electron chi connectivity index (χ1n) is 11.9. The van der Waals surface area contributed by atoms with Crippen LogP contribution < -0.4 is 10.6 Å². The van der Waals surface area contributed by atoms with Crippen molar-refractivity contribution in [3.63, 3.8) is 0 Å². The second kappa shape index (κ2) is 11.8. The third kappa shape index (κ3) is 7.77. The van der Waals surface area contributed by atoms with Gasteiger partial charge in [-0.15, -0.1) is 0 Å². The summed E-state index contributed by atoms with van der Waals surface area (Å²) in [7, 11) is 0. The van der Waals surface area contributed by atoms with Crippen LogP contribution in [0.2, 0.25) is 0 Å². The molecule has 7 nitrogen and oxygen atoms in total. The lowest BCUT2D eigenvalue weighted by atomic mass is 10.0. The number of carboxylic acids is 1. The highest BCUT2D eigenvalue weighted by Crippen LogP contribution is 2.45. The molecule has 2 aromatic rings. The minimum atomic E-state index is -0.949. The van der Waals surface area contributed by atoms with Gasteiger partial charge in [-0.05, 0) is 49.9 Å². The topological polar surface area (TPSA) is 113 Å². The number of ketones is 1. The van der Waals surface area contributed by atoms with E-state index in [1.54, 1.807) is 19.1 Å². The van der Waals surface area contributed by atoms with E-state index in [0.29, 0.717) is 5.56 Å². The van der Waals surface area contributed by atoms with E-state index in [4.69, 9.17) is 5.11 Å². The van der Waals surface area contributed by atoms with Crippen molar-refractivity contribution in [1.29, 1.82) is 0 Å². The van der Waals surface area contributed by atoms with Crippen LogP contribution in [0.5, 0.6) is 0 Å². The van der Waals surface area contributed by atoms with Gasteiger partial charge in [0, 0.05) is 17.4 Å². The molecule has 0 aliphatic heterocycles. The fourth-order valence-electron chi connectivity index (χ4n) is 3.39. The molecule has 7 heteroatoms. The average molecular weight is 481 g/mol. The van der Waals surface area contributed by atoms with E-state index in [1.807, 2.05) is 58.9 Å². The Bertz CT molecular complexity index is 1050. The van der Waals surface area contributed by atoms with E-state index in [0.717, 1.165) is 24.0 Å². The molecule has 0 spiro atoms. The smallest absolute Gasteiger partial charge is 0.335 e. The normalized spacial score (nSPS) is 14.4. The summed E-state index contributed by atoms with van der Waals surface area (Å²) in [4.78, 5) is 45.2. The predicted molar refractivity (Wildman–Crippen MR) is 135 cm³/mol. The van der Waals surface area contributed by atoms with Gasteiger partial charge < -0.3 is 15.7 Å². The van der Waals surface area contributed by atoms with Crippen molar-refractivity contribution in [3.8, 4) is 0 Å². The van der Waals surface area contributed by atoms with Crippen molar-refractivity contribution < 1.29 is 24.3 Å². The quantitative estimate of drug-likeness (QED) is 0.467. The van der Waals surface area contributed by atoms with E-state index in [-0.39, 0.29) is 46.6 Å². The van der Waals surface area contributed by atoms with Crippen LogP contribution in [0.4, 0.5) is 0 Å². The van der Waals surface area contributed by atoms with Gasteiger partial charge in [0.2, 0.25) is 11.8 Å². The van der Waals surface area contributed by atoms with Crippen LogP contribution in [0.15, 0.2) is 48.5 Å². The lowest BCUT2D eigenvalue weighted by Gasteiger charge is -2.19. The highest BCUT2D eigenvalue weighted by molar-refractivity contribution is 5.94. The molecule has 0 aromatic heterocycles. The molecule has 2 amide bonds. The summed E-state index contributed by atoms with van der Waals surface area (Å²) >= 11 is 0. The van der Waals surface area contributed by atoms with Gasteiger partial charge in [0.15, 0.2) is 5.78 Å². The zero-order valence-corrected chi connectivity index (χ0v) is 21.3. The number of amides is 2. The van der Waals surface area contributed by atoms with Gasteiger partial charge in [-0.2, -0.15) is 0 Å². The van der Waals surface area contributed by atoms with Crippen molar-refractivity contribution in [1.82, 2.24) is 10.6 Å². The molecule has 3 N–H and O–H groups in total. The Morgan fingerprint density at radius 1 is 0.771 bits per heavy atom. The van der Waals surface area contributed by atoms with Gasteiger partial charge in [-0.25, -0.2) is 4.79 Å². The van der Waals surface area contributed by atoms with Gasteiger partial charge in [0.05, 0.1) is 17.1 Å². The summed E-state index contributed by atoms with van der Waals surface area (Å²) in [6.45, 7) is 10.9. The standard InChI is InChI=1S/C15H19NO2.C13H17NO3/c1-10(2)14(18)16-15(8-9-15)13-6-4-12(5-7-13)11(3)17;1-8(2)12(15)14-9(3)10-4-6-11(7-5-10)13(16)17/h4-7,10H,8-9H2,1-3H3,(H,16,18);4-9H,1-3H3,(H,14,15)(H,16,17)/t;9-/m.0/s1. The summed E-state index contributed by atoms with van der Waals surface area (Å²) < 4.78 is 0. The highest BCUT2D eigenvalue weighted by Gasteiger charge is 2.45. The SMILES string of the molecule is CC(=O)c1ccc(C2(NC(=O)C(C)C)CC2)cc1.CC(C)C(=O)N[C@@H](C)c1ccc(C(=O)O)cc1. The average Bonchev–Trinajstić information content (AvgIpc) is 3.60. The van der Waals surface area contributed by atoms with Crippen molar-refractivity contribution in [2.24, 2.45) is 11.8 Å². The highest BCUT2D eigenvalue weighted by atomic mass is 16.4. The number of aromatic carboxylic acids is 1. The summed E-state index contributed by atoms with van der Waals surface area (Å²) in [5.74, 6) is -0.870. The molecule has 1 aliphatic rings. The summed E-state index contributed by atoms with van der Waals surface area (Å²) in [6.07, 6.45) is 1.95. The number of rotatable bonds is 8. The fraction of sp³-hybridized carbons (Fsp3) is 0.429. The van der Waals surface area contributed by atoms with Crippen LogP contribution in [-0.4, -0.2) is 28.7 Å². The molecule has 1 aliphatic carbocycles. The zero-order chi connectivity index (χ0) is 26.3. The monoisotopic (exact) mass is 480 g/mol. The molecule has 0 radical (unpaired) electrons. The van der Waals surface area contributed by atoms with E-state index in [9.17, 15) is 19.2 Å². The Labute approximate surface area is 207 Å². The molecule has 2 aromatic carbocycles. The molecular formula is C28H36N2O5. The number of Topliss-reactive ketones (excluding diaryl/α,β-unsaturated/α-hetero) is 1. The number of benzene rings is 2. The number of carbonyl (C=O) groups excluding carboxylic acids is 3. The Balaban J connectivity index is 0.000000247. The van der Waals surface area contributed by atoms with Crippen molar-refractivity contribution in [3.05, 3.63) is 70.8 Å². The first kappa shape index (κ1) is 27.8. The molecular weight excluding hydrogens is 444 g/mol. The maximum absolute atomic E-state index is 11.8. The van der Waals surface area contributed by atoms with E-state index in [2.05, 4.69) is 10.6 Å². The molecule has 0 heterocycles. The molecule has 35 heavy (non-hydrogen) atoms. The summed E-state index contributed by atoms with van der Waals surface area (Å²) in [5.41, 5.74) is 2.77. The summed E-state index contributed by atoms with van der Waals surface area (Å²) in [5, 5.41) is 14.7. The van der Waals surface area contributed by atoms with Crippen LogP contribution >= 0.6 is 0 Å². The second-order valence-electron chi connectivity index (χ2n) is 9.67. The molecule has 0 bridgehead atoms. The van der Waals surface area contributed by atoms with Crippen LogP contribution in [-0.2, 0) is 15.1 Å². The number of carboxylic acid groups (broad SMARTS) is 1. The molecule has 3 rings (SSSR count). The Morgan fingerprint density at radius 2 is 1.26 bits per heavy atom. The molecule has 0 unspecified atom stereocenters. The van der Waals surface area contributed by atoms with Crippen LogP contribution in [0.3, 0.4) is 0 Å². The third-order valence-corrected chi connectivity index (χ3v) is 6.02. The minimum Gasteiger partial charge on any atom is -0.478 e. The van der Waals surface area contributed by atoms with Crippen LogP contribution in [0, 0.1) is 11.8 Å². The maximum atomic E-state index is 11.8. The number of hydrogen-bond donors (Lipinski definition) is 3. The first-order valence-corrected chi connectivity index (χ1v) is 11.9. The molecule has 188 valence electrons. The van der Waals surface area contributed by atoms with E-state index in [1.165, 1.54) is 12.1 Å². The van der Waals surface area contributed by atoms with Crippen molar-refractivity contribution in [2.45, 2.75) is 66.0 Å². The minimum absolute atomic E-state index is 0.000956. The van der Waals surface area contributed by atoms with Gasteiger partial charge in [0.25, 0.3) is 0 Å². The Hall–Kier alpha value is -3.48. The van der Waals surface area contributed by atoms with E-state index < -0.39 is 5.97 Å². The van der Waals surface area contributed by atoms with Crippen LogP contribution in [0.25, 0.3) is 0 Å². The number of nitrogens with one attached hydrogen (secondary N) is 2. The second-order valence-corrected chi connectivity index (χ2v) is 9.67. The van der Waals surface area contributed by atoms with Gasteiger partial charge in [-0.1, -0.05) is 64.1 Å². The molecule has 1 saturated carbocycles. The van der Waals surface area contributed by atoms with Gasteiger partial charge >= 0.3 is 5.97 Å². The molecule has 1 atom stereocenters. The molecule has 0 saturated heterocycles. The fourth-order valence-corrected chi connectivity index (χ4v) is 3.39. The third-order valence-electron chi connectivity index (χ3n) is 6.02. The zero-order valence-electron chi connectivity index (χ0n) is 21.3. The predicted octanol–water partition coefficient (Wildman–Crippen LogP) is 4.87. The largest absolute Gasteiger partial charge is 0.478 e. The lowest BCUT2D eigenvalue weighted by Crippen LogP contribution is -2.37. The molecule has 1 fully saturated rings. The number of hydrogen-bond acceptors (Lipinski definition) is 4. The lowest BCUT2D eigenvalue weighted by molar-refractivity contribution is -0.125.